The van der Waals surface area contributed by atoms with Crippen LogP contribution in [0, 0.1) is 5.92 Å². The Balaban J connectivity index is 2.47. The fraction of sp³-hybridized carbons (Fsp3) is 0.429. The van der Waals surface area contributed by atoms with E-state index in [1.165, 1.54) is 0 Å². The second kappa shape index (κ2) is 7.79. The van der Waals surface area contributed by atoms with Crippen LogP contribution in [0.15, 0.2) is 24.3 Å². The largest absolute Gasteiger partial charge is 0.550 e. The minimum absolute atomic E-state index is 0.143. The zero-order valence-corrected chi connectivity index (χ0v) is 11.6. The van der Waals surface area contributed by atoms with Crippen molar-refractivity contribution in [3.63, 3.8) is 0 Å². The van der Waals surface area contributed by atoms with Gasteiger partial charge in [-0.25, -0.2) is 0 Å². The second-order valence-electron chi connectivity index (χ2n) is 4.37. The van der Waals surface area contributed by atoms with E-state index in [1.54, 1.807) is 24.3 Å². The number of para-hydroxylation sites is 1. The first-order valence-electron chi connectivity index (χ1n) is 6.29. The fourth-order valence-corrected chi connectivity index (χ4v) is 1.99. The topological polar surface area (TPSA) is 69.2 Å². The van der Waals surface area contributed by atoms with Gasteiger partial charge in [-0.3, -0.25) is 4.79 Å². The molecule has 1 atom stereocenters. The Kier molecular flexibility index (Phi) is 6.36. The first-order valence-corrected chi connectivity index (χ1v) is 6.67. The van der Waals surface area contributed by atoms with Gasteiger partial charge in [0.2, 0.25) is 5.91 Å². The molecule has 0 aliphatic heterocycles. The molecule has 0 fully saturated rings. The van der Waals surface area contributed by atoms with Crippen molar-refractivity contribution in [2.45, 2.75) is 32.6 Å². The van der Waals surface area contributed by atoms with E-state index >= 15 is 0 Å². The van der Waals surface area contributed by atoms with Gasteiger partial charge in [-0.05, 0) is 30.9 Å². The van der Waals surface area contributed by atoms with E-state index in [2.05, 4.69) is 5.32 Å². The Morgan fingerprint density at radius 1 is 1.32 bits per heavy atom. The Bertz CT molecular complexity index is 448. The quantitative estimate of drug-likeness (QED) is 0.834. The highest BCUT2D eigenvalue weighted by atomic mass is 35.5. The molecule has 1 N–H and O–H groups in total. The van der Waals surface area contributed by atoms with Gasteiger partial charge < -0.3 is 15.2 Å². The van der Waals surface area contributed by atoms with Crippen LogP contribution in [0.3, 0.4) is 0 Å². The van der Waals surface area contributed by atoms with Crippen molar-refractivity contribution in [1.82, 2.24) is 0 Å². The molecule has 0 unspecified atom stereocenters. The van der Waals surface area contributed by atoms with Crippen LogP contribution in [0.1, 0.15) is 32.6 Å². The van der Waals surface area contributed by atoms with Crippen molar-refractivity contribution in [3.8, 4) is 0 Å². The van der Waals surface area contributed by atoms with Gasteiger partial charge in [0.15, 0.2) is 0 Å². The SMILES string of the molecule is CCC[C@H](CCC(=O)Nc1ccccc1Cl)C(=O)[O-]. The van der Waals surface area contributed by atoms with E-state index in [9.17, 15) is 14.7 Å². The molecule has 0 saturated heterocycles. The Hall–Kier alpha value is -1.55. The monoisotopic (exact) mass is 282 g/mol. The summed E-state index contributed by atoms with van der Waals surface area (Å²) in [4.78, 5) is 22.6. The Morgan fingerprint density at radius 3 is 2.58 bits per heavy atom. The summed E-state index contributed by atoms with van der Waals surface area (Å²) in [5.41, 5.74) is 0.537. The van der Waals surface area contributed by atoms with Crippen LogP contribution in [0.4, 0.5) is 5.69 Å². The zero-order chi connectivity index (χ0) is 14.3. The average Bonchev–Trinajstić information content (AvgIpc) is 2.37. The van der Waals surface area contributed by atoms with E-state index in [-0.39, 0.29) is 18.7 Å². The molecule has 0 bridgehead atoms. The molecule has 4 nitrogen and oxygen atoms in total. The van der Waals surface area contributed by atoms with Crippen LogP contribution < -0.4 is 10.4 Å². The smallest absolute Gasteiger partial charge is 0.224 e. The molecule has 0 aliphatic rings. The van der Waals surface area contributed by atoms with Crippen LogP contribution in [0.5, 0.6) is 0 Å². The molecule has 1 aromatic rings. The number of carbonyl (C=O) groups is 2. The lowest BCUT2D eigenvalue weighted by atomic mass is 9.98. The third-order valence-electron chi connectivity index (χ3n) is 2.84. The minimum atomic E-state index is -1.09. The predicted octanol–water partition coefficient (Wildman–Crippen LogP) is 2.22. The van der Waals surface area contributed by atoms with Gasteiger partial charge in [-0.15, -0.1) is 0 Å². The molecular formula is C14H17ClNO3-. The lowest BCUT2D eigenvalue weighted by molar-refractivity contribution is -0.312. The normalized spacial score (nSPS) is 11.9. The van der Waals surface area contributed by atoms with Crippen molar-refractivity contribution in [1.29, 1.82) is 0 Å². The summed E-state index contributed by atoms with van der Waals surface area (Å²) in [6, 6.07) is 6.91. The summed E-state index contributed by atoms with van der Waals surface area (Å²) in [5.74, 6) is -1.90. The van der Waals surface area contributed by atoms with Crippen molar-refractivity contribution in [3.05, 3.63) is 29.3 Å². The maximum atomic E-state index is 11.7. The third-order valence-corrected chi connectivity index (χ3v) is 3.17. The first-order chi connectivity index (χ1) is 9.04. The van der Waals surface area contributed by atoms with Crippen LogP contribution in [-0.4, -0.2) is 11.9 Å². The number of carboxylic acids is 1. The molecule has 1 rings (SSSR count). The van der Waals surface area contributed by atoms with Crippen molar-refractivity contribution >= 4 is 29.2 Å². The van der Waals surface area contributed by atoms with E-state index in [0.29, 0.717) is 17.1 Å². The molecule has 19 heavy (non-hydrogen) atoms. The minimum Gasteiger partial charge on any atom is -0.550 e. The van der Waals surface area contributed by atoms with Crippen molar-refractivity contribution in [2.75, 3.05) is 5.32 Å². The number of rotatable bonds is 7. The number of carboxylic acid groups (broad SMARTS) is 1. The number of amides is 1. The van der Waals surface area contributed by atoms with E-state index in [4.69, 9.17) is 11.6 Å². The van der Waals surface area contributed by atoms with Crippen LogP contribution in [0.25, 0.3) is 0 Å². The summed E-state index contributed by atoms with van der Waals surface area (Å²) in [6.45, 7) is 1.90. The zero-order valence-electron chi connectivity index (χ0n) is 10.8. The molecule has 5 heteroatoms. The molecule has 0 aliphatic carbocycles. The molecule has 0 radical (unpaired) electrons. The lowest BCUT2D eigenvalue weighted by Crippen LogP contribution is -2.32. The summed E-state index contributed by atoms with van der Waals surface area (Å²) in [6.07, 6.45) is 1.71. The maximum absolute atomic E-state index is 11.7. The third kappa shape index (κ3) is 5.30. The average molecular weight is 283 g/mol. The van der Waals surface area contributed by atoms with Gasteiger partial charge in [0.1, 0.15) is 0 Å². The molecule has 0 heterocycles. The van der Waals surface area contributed by atoms with Gasteiger partial charge >= 0.3 is 0 Å². The number of hydrogen-bond acceptors (Lipinski definition) is 3. The number of halogens is 1. The highest BCUT2D eigenvalue weighted by Crippen LogP contribution is 2.21. The Morgan fingerprint density at radius 2 is 2.00 bits per heavy atom. The highest BCUT2D eigenvalue weighted by Gasteiger charge is 2.12. The molecule has 1 amide bonds. The number of aliphatic carboxylic acids is 1. The summed E-state index contributed by atoms with van der Waals surface area (Å²) in [5, 5.41) is 14.0. The molecule has 104 valence electrons. The van der Waals surface area contributed by atoms with Gasteiger partial charge in [-0.2, -0.15) is 0 Å². The molecule has 0 spiro atoms. The molecular weight excluding hydrogens is 266 g/mol. The number of benzene rings is 1. The summed E-state index contributed by atoms with van der Waals surface area (Å²) in [7, 11) is 0. The van der Waals surface area contributed by atoms with Crippen molar-refractivity contribution < 1.29 is 14.7 Å². The first kappa shape index (κ1) is 15.5. The van der Waals surface area contributed by atoms with E-state index in [0.717, 1.165) is 6.42 Å². The second-order valence-corrected chi connectivity index (χ2v) is 4.78. The lowest BCUT2D eigenvalue weighted by Gasteiger charge is -2.16. The van der Waals surface area contributed by atoms with Gasteiger partial charge in [0.05, 0.1) is 10.7 Å². The van der Waals surface area contributed by atoms with Gasteiger partial charge in [0, 0.05) is 12.4 Å². The van der Waals surface area contributed by atoms with E-state index in [1.807, 2.05) is 6.92 Å². The molecule has 0 saturated carbocycles. The fourth-order valence-electron chi connectivity index (χ4n) is 1.81. The van der Waals surface area contributed by atoms with Gasteiger partial charge in [-0.1, -0.05) is 37.1 Å². The number of hydrogen-bond donors (Lipinski definition) is 1. The van der Waals surface area contributed by atoms with Crippen molar-refractivity contribution in [2.24, 2.45) is 5.92 Å². The number of anilines is 1. The van der Waals surface area contributed by atoms with Gasteiger partial charge in [0.25, 0.3) is 0 Å². The Labute approximate surface area is 117 Å². The summed E-state index contributed by atoms with van der Waals surface area (Å²) < 4.78 is 0. The number of nitrogens with one attached hydrogen (secondary N) is 1. The summed E-state index contributed by atoms with van der Waals surface area (Å²) >= 11 is 5.91. The van der Waals surface area contributed by atoms with Crippen LogP contribution >= 0.6 is 11.6 Å². The molecule has 0 aromatic heterocycles. The van der Waals surface area contributed by atoms with Crippen LogP contribution in [0.2, 0.25) is 5.02 Å². The predicted molar refractivity (Wildman–Crippen MR) is 72.7 cm³/mol. The van der Waals surface area contributed by atoms with Crippen LogP contribution in [-0.2, 0) is 9.59 Å². The van der Waals surface area contributed by atoms with E-state index < -0.39 is 11.9 Å². The standard InChI is InChI=1S/C14H18ClNO3/c1-2-5-10(14(18)19)8-9-13(17)16-12-7-4-3-6-11(12)15/h3-4,6-7,10H,2,5,8-9H2,1H3,(H,16,17)(H,18,19)/p-1/t10-/m1/s1. The number of carbonyl (C=O) groups excluding carboxylic acids is 2. The molecule has 1 aromatic carbocycles. The maximum Gasteiger partial charge on any atom is 0.224 e. The highest BCUT2D eigenvalue weighted by molar-refractivity contribution is 6.33.